The van der Waals surface area contributed by atoms with Crippen LogP contribution in [0.5, 0.6) is 0 Å². The molecule has 2 rings (SSSR count). The summed E-state index contributed by atoms with van der Waals surface area (Å²) in [4.78, 5) is 4.99. The molecule has 2 N–H and O–H groups in total. The third kappa shape index (κ3) is 3.56. The van der Waals surface area contributed by atoms with Gasteiger partial charge in [-0.05, 0) is 24.6 Å². The monoisotopic (exact) mass is 284 g/mol. The Morgan fingerprint density at radius 1 is 1.37 bits per heavy atom. The van der Waals surface area contributed by atoms with E-state index < -0.39 is 17.7 Å². The van der Waals surface area contributed by atoms with Crippen molar-refractivity contribution < 1.29 is 13.9 Å². The fourth-order valence-electron chi connectivity index (χ4n) is 1.69. The Balaban J connectivity index is 1.97. The van der Waals surface area contributed by atoms with E-state index in [1.165, 1.54) is 17.4 Å². The summed E-state index contributed by atoms with van der Waals surface area (Å²) in [6.07, 6.45) is 0.844. The highest BCUT2D eigenvalue weighted by molar-refractivity contribution is 7.09. The van der Waals surface area contributed by atoms with Crippen LogP contribution >= 0.6 is 11.3 Å². The minimum absolute atomic E-state index is 0.285. The van der Waals surface area contributed by atoms with E-state index in [1.807, 2.05) is 0 Å². The molecule has 0 saturated carbocycles. The molecule has 1 heterocycles. The van der Waals surface area contributed by atoms with Crippen LogP contribution in [0.4, 0.5) is 8.78 Å². The summed E-state index contributed by atoms with van der Waals surface area (Å²) in [7, 11) is 0. The molecule has 0 radical (unpaired) electrons. The fourth-order valence-corrected chi connectivity index (χ4v) is 2.23. The first-order valence-corrected chi connectivity index (χ1v) is 6.69. The van der Waals surface area contributed by atoms with Crippen LogP contribution in [0.25, 0.3) is 0 Å². The van der Waals surface area contributed by atoms with Gasteiger partial charge in [0.25, 0.3) is 0 Å². The fraction of sp³-hybridized carbons (Fsp3) is 0.308. The molecule has 1 aromatic carbocycles. The number of thiazole rings is 1. The van der Waals surface area contributed by atoms with Crippen molar-refractivity contribution in [3.05, 3.63) is 52.0 Å². The second-order valence-corrected chi connectivity index (χ2v) is 5.23. The van der Waals surface area contributed by atoms with Gasteiger partial charge in [0.15, 0.2) is 11.6 Å². The highest BCUT2D eigenvalue weighted by Gasteiger charge is 2.17. The maximum absolute atomic E-state index is 13.1. The average Bonchev–Trinajstić information content (AvgIpc) is 2.91. The third-order valence-electron chi connectivity index (χ3n) is 2.84. The number of benzene rings is 1. The number of nitrogens with zero attached hydrogens (tertiary/aromatic N) is 1. The Bertz CT molecular complexity index is 533. The predicted molar refractivity (Wildman–Crippen MR) is 69.7 cm³/mol. The summed E-state index contributed by atoms with van der Waals surface area (Å²) >= 11 is 1.51. The Hall–Kier alpha value is -1.37. The van der Waals surface area contributed by atoms with Crippen molar-refractivity contribution in [2.24, 2.45) is 0 Å². The number of aliphatic hydroxyl groups is 1. The predicted octanol–water partition coefficient (Wildman–Crippen LogP) is 2.63. The van der Waals surface area contributed by atoms with Crippen molar-refractivity contribution >= 4 is 11.3 Å². The van der Waals surface area contributed by atoms with Crippen LogP contribution in [0.15, 0.2) is 29.9 Å². The van der Waals surface area contributed by atoms with Gasteiger partial charge in [-0.3, -0.25) is 4.98 Å². The molecule has 6 heteroatoms. The molecule has 0 saturated heterocycles. The van der Waals surface area contributed by atoms with Crippen molar-refractivity contribution in [2.45, 2.75) is 25.6 Å². The molecule has 2 atom stereocenters. The highest BCUT2D eigenvalue weighted by Crippen LogP contribution is 2.19. The zero-order chi connectivity index (χ0) is 13.8. The van der Waals surface area contributed by atoms with Gasteiger partial charge in [0.1, 0.15) is 0 Å². The summed E-state index contributed by atoms with van der Waals surface area (Å²) in [6.45, 7) is 2.36. The highest BCUT2D eigenvalue weighted by atomic mass is 32.1. The van der Waals surface area contributed by atoms with Crippen LogP contribution < -0.4 is 5.32 Å². The van der Waals surface area contributed by atoms with Crippen molar-refractivity contribution in [1.82, 2.24) is 10.3 Å². The molecule has 102 valence electrons. The lowest BCUT2D eigenvalue weighted by molar-refractivity contribution is 0.135. The maximum Gasteiger partial charge on any atom is 0.159 e. The van der Waals surface area contributed by atoms with Gasteiger partial charge in [0.2, 0.25) is 0 Å². The van der Waals surface area contributed by atoms with Gasteiger partial charge >= 0.3 is 0 Å². The standard InChI is InChI=1S/C13H14F2N2OS/c1-8(17-6-10-5-16-7-19-10)13(18)9-2-3-11(14)12(15)4-9/h2-5,7-8,13,17-18H,6H2,1H3. The van der Waals surface area contributed by atoms with Crippen molar-refractivity contribution in [3.8, 4) is 0 Å². The van der Waals surface area contributed by atoms with Gasteiger partial charge in [-0.1, -0.05) is 6.07 Å². The van der Waals surface area contributed by atoms with Crippen LogP contribution in [0.1, 0.15) is 23.5 Å². The first-order chi connectivity index (χ1) is 9.08. The molecule has 0 spiro atoms. The van der Waals surface area contributed by atoms with Crippen LogP contribution in [0, 0.1) is 11.6 Å². The number of hydrogen-bond acceptors (Lipinski definition) is 4. The van der Waals surface area contributed by atoms with Gasteiger partial charge in [-0.25, -0.2) is 8.78 Å². The van der Waals surface area contributed by atoms with Gasteiger partial charge in [-0.2, -0.15) is 0 Å². The molecule has 0 fully saturated rings. The van der Waals surface area contributed by atoms with Gasteiger partial charge < -0.3 is 10.4 Å². The van der Waals surface area contributed by atoms with Crippen LogP contribution in [0.2, 0.25) is 0 Å². The number of rotatable bonds is 5. The van der Waals surface area contributed by atoms with Crippen LogP contribution in [0.3, 0.4) is 0 Å². The zero-order valence-electron chi connectivity index (χ0n) is 10.3. The smallest absolute Gasteiger partial charge is 0.159 e. The van der Waals surface area contributed by atoms with Crippen molar-refractivity contribution in [1.29, 1.82) is 0 Å². The molecular weight excluding hydrogens is 270 g/mol. The third-order valence-corrected chi connectivity index (χ3v) is 3.62. The summed E-state index contributed by atoms with van der Waals surface area (Å²) in [5, 5.41) is 13.2. The lowest BCUT2D eigenvalue weighted by atomic mass is 10.0. The minimum atomic E-state index is -0.953. The first-order valence-electron chi connectivity index (χ1n) is 5.81. The minimum Gasteiger partial charge on any atom is -0.387 e. The Kier molecular flexibility index (Phi) is 4.57. The Morgan fingerprint density at radius 3 is 2.79 bits per heavy atom. The van der Waals surface area contributed by atoms with E-state index in [9.17, 15) is 13.9 Å². The number of aromatic nitrogens is 1. The number of halogens is 2. The van der Waals surface area contributed by atoms with Gasteiger partial charge in [-0.15, -0.1) is 11.3 Å². The molecule has 0 aliphatic heterocycles. The topological polar surface area (TPSA) is 45.2 Å². The molecule has 1 aromatic heterocycles. The number of hydrogen-bond donors (Lipinski definition) is 2. The molecule has 0 bridgehead atoms. The molecule has 3 nitrogen and oxygen atoms in total. The van der Waals surface area contributed by atoms with E-state index in [-0.39, 0.29) is 6.04 Å². The average molecular weight is 284 g/mol. The zero-order valence-corrected chi connectivity index (χ0v) is 11.1. The van der Waals surface area contributed by atoms with Gasteiger partial charge in [0.05, 0.1) is 11.6 Å². The van der Waals surface area contributed by atoms with E-state index in [2.05, 4.69) is 10.3 Å². The molecule has 2 unspecified atom stereocenters. The molecule has 0 amide bonds. The second-order valence-electron chi connectivity index (χ2n) is 4.26. The summed E-state index contributed by atoms with van der Waals surface area (Å²) < 4.78 is 25.9. The quantitative estimate of drug-likeness (QED) is 0.887. The Labute approximate surface area is 113 Å². The lowest BCUT2D eigenvalue weighted by Gasteiger charge is -2.20. The largest absolute Gasteiger partial charge is 0.387 e. The number of aliphatic hydroxyl groups excluding tert-OH is 1. The second kappa shape index (κ2) is 6.18. The van der Waals surface area contributed by atoms with Crippen molar-refractivity contribution in [3.63, 3.8) is 0 Å². The van der Waals surface area contributed by atoms with E-state index >= 15 is 0 Å². The number of nitrogens with one attached hydrogen (secondary N) is 1. The van der Waals surface area contributed by atoms with E-state index in [0.29, 0.717) is 12.1 Å². The maximum atomic E-state index is 13.1. The van der Waals surface area contributed by atoms with Crippen LogP contribution in [-0.2, 0) is 6.54 Å². The van der Waals surface area contributed by atoms with Gasteiger partial charge in [0, 0.05) is 23.7 Å². The molecular formula is C13H14F2N2OS. The summed E-state index contributed by atoms with van der Waals surface area (Å²) in [6, 6.07) is 3.13. The first kappa shape index (κ1) is 14.0. The molecule has 0 aliphatic rings. The SMILES string of the molecule is CC(NCc1cncs1)C(O)c1ccc(F)c(F)c1. The van der Waals surface area contributed by atoms with Crippen LogP contribution in [-0.4, -0.2) is 16.1 Å². The summed E-state index contributed by atoms with van der Waals surface area (Å²) in [5.41, 5.74) is 2.08. The molecule has 0 aliphatic carbocycles. The van der Waals surface area contributed by atoms with E-state index in [4.69, 9.17) is 0 Å². The lowest BCUT2D eigenvalue weighted by Crippen LogP contribution is -2.31. The van der Waals surface area contributed by atoms with Crippen molar-refractivity contribution in [2.75, 3.05) is 0 Å². The molecule has 2 aromatic rings. The summed E-state index contributed by atoms with van der Waals surface area (Å²) in [5.74, 6) is -1.87. The molecule has 19 heavy (non-hydrogen) atoms. The normalized spacial score (nSPS) is 14.3. The van der Waals surface area contributed by atoms with E-state index in [0.717, 1.165) is 17.0 Å². The van der Waals surface area contributed by atoms with E-state index in [1.54, 1.807) is 18.6 Å². The Morgan fingerprint density at radius 2 is 2.16 bits per heavy atom.